The quantitative estimate of drug-likeness (QED) is 0.382. The van der Waals surface area contributed by atoms with Crippen LogP contribution >= 0.6 is 11.6 Å². The number of nitrogens with one attached hydrogen (secondary N) is 2. The zero-order valence-corrected chi connectivity index (χ0v) is 16.3. The molecule has 0 aliphatic rings. The number of aromatic nitrogens is 3. The molecule has 0 saturated carbocycles. The molecule has 0 unspecified atom stereocenters. The summed E-state index contributed by atoms with van der Waals surface area (Å²) < 4.78 is 68.2. The number of halogens is 6. The third-order valence-electron chi connectivity index (χ3n) is 4.70. The molecule has 4 N–H and O–H groups in total. The summed E-state index contributed by atoms with van der Waals surface area (Å²) in [5, 5.41) is -0.0146. The molecule has 0 bridgehead atoms. The third kappa shape index (κ3) is 3.60. The maximum atomic E-state index is 14.9. The fraction of sp³-hybridized carbons (Fsp3) is 0.0500. The average Bonchev–Trinajstić information content (AvgIpc) is 3.11. The molecule has 1 amide bonds. The van der Waals surface area contributed by atoms with Crippen LogP contribution in [0.1, 0.15) is 15.9 Å². The summed E-state index contributed by atoms with van der Waals surface area (Å²) in [5.74, 6) is -3.42. The van der Waals surface area contributed by atoms with Crippen molar-refractivity contribution in [2.75, 3.05) is 0 Å². The highest BCUT2D eigenvalue weighted by atomic mass is 35.5. The van der Waals surface area contributed by atoms with Gasteiger partial charge < -0.3 is 10.7 Å². The van der Waals surface area contributed by atoms with Crippen LogP contribution in [0.15, 0.2) is 41.3 Å². The topological polar surface area (TPSA) is 105 Å². The number of aromatic amines is 2. The molecule has 0 aliphatic heterocycles. The monoisotopic (exact) mass is 468 g/mol. The van der Waals surface area contributed by atoms with Crippen molar-refractivity contribution in [3.63, 3.8) is 0 Å². The first-order chi connectivity index (χ1) is 15.0. The molecule has 0 spiro atoms. The van der Waals surface area contributed by atoms with Gasteiger partial charge in [0, 0.05) is 22.9 Å². The molecule has 0 fully saturated rings. The summed E-state index contributed by atoms with van der Waals surface area (Å²) in [5.41, 5.74) is 1.30. The molecule has 12 heteroatoms. The van der Waals surface area contributed by atoms with E-state index in [1.807, 2.05) is 0 Å². The van der Waals surface area contributed by atoms with Gasteiger partial charge in [0.1, 0.15) is 17.3 Å². The molecule has 164 valence electrons. The number of H-pyrrole nitrogens is 2. The standard InChI is InChI=1S/C20H10ClF5N4O2/c21-12-2-1-8(22)5-9(12)16-15-11(6-28-18(15)30-19(32)29-16)14-10(17(27)31)3-7(4-13(14)23)20(24,25)26/h1-6H,(H2,27,31)(H2,28,29,30,32). The van der Waals surface area contributed by atoms with Crippen LogP contribution in [0.2, 0.25) is 5.02 Å². The number of amides is 1. The molecule has 2 heterocycles. The normalized spacial score (nSPS) is 11.8. The van der Waals surface area contributed by atoms with Crippen LogP contribution in [0.5, 0.6) is 0 Å². The lowest BCUT2D eigenvalue weighted by Crippen LogP contribution is -2.16. The van der Waals surface area contributed by atoms with Crippen LogP contribution in [-0.2, 0) is 6.18 Å². The Kier molecular flexibility index (Phi) is 5.00. The van der Waals surface area contributed by atoms with Crippen molar-refractivity contribution in [2.24, 2.45) is 5.73 Å². The Morgan fingerprint density at radius 2 is 1.81 bits per heavy atom. The predicted octanol–water partition coefficient (Wildman–Crippen LogP) is 4.63. The van der Waals surface area contributed by atoms with E-state index in [0.717, 1.165) is 18.3 Å². The molecule has 32 heavy (non-hydrogen) atoms. The van der Waals surface area contributed by atoms with Crippen LogP contribution in [0.25, 0.3) is 33.4 Å². The number of benzene rings is 2. The molecule has 2 aromatic carbocycles. The van der Waals surface area contributed by atoms with Gasteiger partial charge in [-0.15, -0.1) is 0 Å². The zero-order valence-electron chi connectivity index (χ0n) is 15.6. The zero-order chi connectivity index (χ0) is 23.4. The van der Waals surface area contributed by atoms with E-state index >= 15 is 0 Å². The molecule has 0 saturated heterocycles. The number of primary amides is 1. The Bertz CT molecular complexity index is 1460. The average molecular weight is 469 g/mol. The number of hydrogen-bond acceptors (Lipinski definition) is 3. The van der Waals surface area contributed by atoms with Gasteiger partial charge in [-0.25, -0.2) is 13.6 Å². The summed E-state index contributed by atoms with van der Waals surface area (Å²) in [6.45, 7) is 0. The second kappa shape index (κ2) is 7.45. The van der Waals surface area contributed by atoms with Crippen LogP contribution in [0.4, 0.5) is 22.0 Å². The highest BCUT2D eigenvalue weighted by Gasteiger charge is 2.34. The number of hydrogen-bond donors (Lipinski definition) is 3. The minimum Gasteiger partial charge on any atom is -0.366 e. The van der Waals surface area contributed by atoms with E-state index in [9.17, 15) is 31.5 Å². The Labute approximate surface area is 179 Å². The third-order valence-corrected chi connectivity index (χ3v) is 5.03. The van der Waals surface area contributed by atoms with E-state index in [1.165, 1.54) is 6.07 Å². The van der Waals surface area contributed by atoms with Gasteiger partial charge in [-0.3, -0.25) is 9.78 Å². The highest BCUT2D eigenvalue weighted by Crippen LogP contribution is 2.41. The minimum atomic E-state index is -4.93. The summed E-state index contributed by atoms with van der Waals surface area (Å²) in [7, 11) is 0. The summed E-state index contributed by atoms with van der Waals surface area (Å²) >= 11 is 6.13. The van der Waals surface area contributed by atoms with Gasteiger partial charge in [0.05, 0.1) is 27.2 Å². The number of nitrogens with two attached hydrogens (primary N) is 1. The number of carbonyl (C=O) groups excluding carboxylic acids is 1. The maximum Gasteiger partial charge on any atom is 0.416 e. The van der Waals surface area contributed by atoms with E-state index in [0.29, 0.717) is 6.07 Å². The van der Waals surface area contributed by atoms with E-state index in [4.69, 9.17) is 17.3 Å². The highest BCUT2D eigenvalue weighted by molar-refractivity contribution is 6.33. The van der Waals surface area contributed by atoms with Gasteiger partial charge in [0.15, 0.2) is 0 Å². The summed E-state index contributed by atoms with van der Waals surface area (Å²) in [6.07, 6.45) is -3.78. The van der Waals surface area contributed by atoms with Crippen LogP contribution < -0.4 is 11.4 Å². The number of carbonyl (C=O) groups is 1. The fourth-order valence-electron chi connectivity index (χ4n) is 3.37. The van der Waals surface area contributed by atoms with Crippen molar-refractivity contribution in [2.45, 2.75) is 6.18 Å². The van der Waals surface area contributed by atoms with Crippen LogP contribution in [-0.4, -0.2) is 20.9 Å². The maximum absolute atomic E-state index is 14.9. The minimum absolute atomic E-state index is 0.000894. The van der Waals surface area contributed by atoms with E-state index in [2.05, 4.69) is 15.0 Å². The second-order valence-electron chi connectivity index (χ2n) is 6.71. The molecule has 0 radical (unpaired) electrons. The van der Waals surface area contributed by atoms with Gasteiger partial charge >= 0.3 is 11.9 Å². The van der Waals surface area contributed by atoms with Crippen molar-refractivity contribution in [3.05, 3.63) is 74.8 Å². The van der Waals surface area contributed by atoms with Crippen molar-refractivity contribution < 1.29 is 26.7 Å². The molecule has 6 nitrogen and oxygen atoms in total. The van der Waals surface area contributed by atoms with Crippen molar-refractivity contribution in [3.8, 4) is 22.4 Å². The predicted molar refractivity (Wildman–Crippen MR) is 106 cm³/mol. The van der Waals surface area contributed by atoms with Gasteiger partial charge in [-0.05, 0) is 30.3 Å². The first kappa shape index (κ1) is 21.5. The molecular formula is C20H10ClF5N4O2. The Morgan fingerprint density at radius 3 is 2.47 bits per heavy atom. The van der Waals surface area contributed by atoms with Crippen molar-refractivity contribution in [1.82, 2.24) is 15.0 Å². The smallest absolute Gasteiger partial charge is 0.366 e. The van der Waals surface area contributed by atoms with Crippen LogP contribution in [0, 0.1) is 11.6 Å². The second-order valence-corrected chi connectivity index (χ2v) is 7.12. The molecule has 0 aliphatic carbocycles. The molecule has 4 aromatic rings. The summed E-state index contributed by atoms with van der Waals surface area (Å²) in [6, 6.07) is 3.90. The van der Waals surface area contributed by atoms with Gasteiger partial charge in [0.2, 0.25) is 5.91 Å². The molecule has 4 rings (SSSR count). The van der Waals surface area contributed by atoms with E-state index < -0.39 is 46.1 Å². The van der Waals surface area contributed by atoms with Gasteiger partial charge in [-0.1, -0.05) is 11.6 Å². The first-order valence-corrected chi connectivity index (χ1v) is 9.13. The molecule has 2 aromatic heterocycles. The fourth-order valence-corrected chi connectivity index (χ4v) is 3.58. The largest absolute Gasteiger partial charge is 0.416 e. The van der Waals surface area contributed by atoms with Crippen molar-refractivity contribution in [1.29, 1.82) is 0 Å². The Morgan fingerprint density at radius 1 is 1.09 bits per heavy atom. The van der Waals surface area contributed by atoms with E-state index in [1.54, 1.807) is 0 Å². The molecular weight excluding hydrogens is 459 g/mol. The van der Waals surface area contributed by atoms with Gasteiger partial charge in [-0.2, -0.15) is 18.2 Å². The number of rotatable bonds is 3. The first-order valence-electron chi connectivity index (χ1n) is 8.75. The van der Waals surface area contributed by atoms with Crippen molar-refractivity contribution >= 4 is 28.5 Å². The summed E-state index contributed by atoms with van der Waals surface area (Å²) in [4.78, 5) is 32.7. The van der Waals surface area contributed by atoms with Crippen LogP contribution in [0.3, 0.4) is 0 Å². The number of fused-ring (bicyclic) bond motifs is 1. The number of alkyl halides is 3. The Balaban J connectivity index is 2.12. The molecule has 0 atom stereocenters. The lowest BCUT2D eigenvalue weighted by molar-refractivity contribution is -0.137. The number of nitrogens with zero attached hydrogens (tertiary/aromatic N) is 1. The van der Waals surface area contributed by atoms with Gasteiger partial charge in [0.25, 0.3) is 0 Å². The van der Waals surface area contributed by atoms with E-state index in [-0.39, 0.29) is 38.9 Å². The lowest BCUT2D eigenvalue weighted by Gasteiger charge is -2.14. The SMILES string of the molecule is NC(=O)c1cc(C(F)(F)F)cc(F)c1-c1c[nH]c2[nH]c(=O)nc(-c3cc(F)ccc3Cl)c12. The lowest BCUT2D eigenvalue weighted by atomic mass is 9.94. The Hall–Kier alpha value is -3.73.